The van der Waals surface area contributed by atoms with E-state index in [1.165, 1.54) is 12.8 Å². The van der Waals surface area contributed by atoms with Crippen LogP contribution in [0, 0.1) is 13.8 Å². The fourth-order valence-corrected chi connectivity index (χ4v) is 6.70. The molecule has 0 radical (unpaired) electrons. The second kappa shape index (κ2) is 8.34. The van der Waals surface area contributed by atoms with Crippen LogP contribution in [-0.2, 0) is 0 Å². The number of benzene rings is 2. The molecule has 3 heterocycles. The van der Waals surface area contributed by atoms with Gasteiger partial charge in [-0.3, -0.25) is 4.98 Å². The molecule has 0 amide bonds. The molecule has 3 aromatic heterocycles. The molecule has 2 saturated carbocycles. The summed E-state index contributed by atoms with van der Waals surface area (Å²) in [4.78, 5) is 9.94. The summed E-state index contributed by atoms with van der Waals surface area (Å²) in [6.45, 7) is 4.06. The number of halogens is 2. The van der Waals surface area contributed by atoms with Gasteiger partial charge in [0.05, 0.1) is 5.69 Å². The van der Waals surface area contributed by atoms with E-state index in [1.54, 1.807) is 0 Å². The molecule has 1 atom stereocenters. The number of rotatable bonds is 3. The van der Waals surface area contributed by atoms with Gasteiger partial charge in [0.1, 0.15) is 5.58 Å². The summed E-state index contributed by atoms with van der Waals surface area (Å²) >= 11 is 0. The predicted molar refractivity (Wildman–Crippen MR) is 144 cm³/mol. The quantitative estimate of drug-likeness (QED) is 0.250. The van der Waals surface area contributed by atoms with Crippen LogP contribution in [0.3, 0.4) is 0 Å². The number of pyridine rings is 2. The summed E-state index contributed by atoms with van der Waals surface area (Å²) in [7, 11) is 0. The van der Waals surface area contributed by atoms with E-state index in [-0.39, 0.29) is 18.8 Å². The first-order chi connectivity index (χ1) is 17.9. The molecule has 1 unspecified atom stereocenters. The summed E-state index contributed by atoms with van der Waals surface area (Å²) < 4.78 is 34.9. The van der Waals surface area contributed by atoms with Gasteiger partial charge >= 0.3 is 0 Å². The van der Waals surface area contributed by atoms with Gasteiger partial charge in [-0.25, -0.2) is 13.8 Å². The van der Waals surface area contributed by atoms with Crippen LogP contribution >= 0.6 is 0 Å². The first-order valence-corrected chi connectivity index (χ1v) is 13.5. The van der Waals surface area contributed by atoms with Crippen molar-refractivity contribution in [2.75, 3.05) is 0 Å². The van der Waals surface area contributed by atoms with Crippen LogP contribution < -0.4 is 0 Å². The topological polar surface area (TPSA) is 38.9 Å². The number of hydrogen-bond acceptors (Lipinski definition) is 3. The summed E-state index contributed by atoms with van der Waals surface area (Å²) in [5.41, 5.74) is 7.40. The number of fused-ring (bicyclic) bond motifs is 4. The molecule has 7 rings (SSSR count). The summed E-state index contributed by atoms with van der Waals surface area (Å²) in [5, 5.41) is 4.10. The lowest BCUT2D eigenvalue weighted by atomic mass is 9.89. The zero-order valence-corrected chi connectivity index (χ0v) is 21.3. The average Bonchev–Trinajstić information content (AvgIpc) is 3.61. The number of alkyl halides is 2. The first kappa shape index (κ1) is 22.8. The van der Waals surface area contributed by atoms with Crippen LogP contribution in [0.25, 0.3) is 44.1 Å². The molecule has 5 aromatic rings. The second-order valence-electron chi connectivity index (χ2n) is 11.2. The molecule has 0 bridgehead atoms. The maximum absolute atomic E-state index is 14.3. The number of aryl methyl sites for hydroxylation is 2. The fourth-order valence-electron chi connectivity index (χ4n) is 6.70. The minimum Gasteiger partial charge on any atom is -0.437 e. The standard InChI is InChI=1S/C32H30F2N2O/c1-18-14-26-24-11-10-19(2)35-31(24)37-30(26)27(15-18)29-23-9-5-8-22(21-12-13-32(33,34)17-21)25(23)16-28(36-29)20-6-3-4-7-20/h5,8-11,14-16,20-21H,3-4,6-7,12-13,17H2,1-2H3. The van der Waals surface area contributed by atoms with Crippen molar-refractivity contribution in [3.05, 3.63) is 71.0 Å². The van der Waals surface area contributed by atoms with Crippen molar-refractivity contribution in [1.29, 1.82) is 0 Å². The number of aromatic nitrogens is 2. The molecular weight excluding hydrogens is 466 g/mol. The maximum Gasteiger partial charge on any atom is 0.248 e. The average molecular weight is 497 g/mol. The van der Waals surface area contributed by atoms with Crippen molar-refractivity contribution in [2.24, 2.45) is 0 Å². The number of hydrogen-bond donors (Lipinski definition) is 0. The lowest BCUT2D eigenvalue weighted by Gasteiger charge is -2.19. The molecule has 0 N–H and O–H groups in total. The maximum atomic E-state index is 14.3. The minimum absolute atomic E-state index is 0.0363. The van der Waals surface area contributed by atoms with Gasteiger partial charge in [0.2, 0.25) is 11.6 Å². The zero-order chi connectivity index (χ0) is 25.3. The smallest absolute Gasteiger partial charge is 0.248 e. The molecule has 2 aliphatic carbocycles. The van der Waals surface area contributed by atoms with Crippen LogP contribution in [0.2, 0.25) is 0 Å². The van der Waals surface area contributed by atoms with Gasteiger partial charge in [0, 0.05) is 51.9 Å². The van der Waals surface area contributed by atoms with Crippen molar-refractivity contribution in [3.63, 3.8) is 0 Å². The van der Waals surface area contributed by atoms with E-state index in [2.05, 4.69) is 48.3 Å². The molecule has 2 fully saturated rings. The van der Waals surface area contributed by atoms with Crippen molar-refractivity contribution in [2.45, 2.75) is 76.6 Å². The Morgan fingerprint density at radius 2 is 1.68 bits per heavy atom. The molecule has 0 saturated heterocycles. The third kappa shape index (κ3) is 3.82. The Morgan fingerprint density at radius 3 is 2.46 bits per heavy atom. The highest BCUT2D eigenvalue weighted by atomic mass is 19.3. The van der Waals surface area contributed by atoms with Crippen LogP contribution in [0.4, 0.5) is 8.78 Å². The van der Waals surface area contributed by atoms with E-state index in [1.807, 2.05) is 19.1 Å². The van der Waals surface area contributed by atoms with E-state index in [9.17, 15) is 8.78 Å². The van der Waals surface area contributed by atoms with Gasteiger partial charge in [0.25, 0.3) is 0 Å². The molecule has 5 heteroatoms. The summed E-state index contributed by atoms with van der Waals surface area (Å²) in [5.74, 6) is -2.32. The van der Waals surface area contributed by atoms with Crippen LogP contribution in [0.5, 0.6) is 0 Å². The Labute approximate surface area is 214 Å². The molecule has 0 spiro atoms. The third-order valence-electron chi connectivity index (χ3n) is 8.52. The van der Waals surface area contributed by atoms with E-state index in [0.29, 0.717) is 18.1 Å². The fraction of sp³-hybridized carbons (Fsp3) is 0.375. The van der Waals surface area contributed by atoms with Crippen molar-refractivity contribution >= 4 is 32.8 Å². The number of furan rings is 1. The molecule has 3 nitrogen and oxygen atoms in total. The highest BCUT2D eigenvalue weighted by molar-refractivity contribution is 6.11. The lowest BCUT2D eigenvalue weighted by molar-refractivity contribution is 0.00780. The van der Waals surface area contributed by atoms with Crippen molar-refractivity contribution in [1.82, 2.24) is 9.97 Å². The van der Waals surface area contributed by atoms with E-state index < -0.39 is 5.92 Å². The Kier molecular flexibility index (Phi) is 5.14. The van der Waals surface area contributed by atoms with Gasteiger partial charge in [-0.2, -0.15) is 0 Å². The highest BCUT2D eigenvalue weighted by Gasteiger charge is 2.40. The van der Waals surface area contributed by atoms with E-state index in [0.717, 1.165) is 73.7 Å². The monoisotopic (exact) mass is 496 g/mol. The lowest BCUT2D eigenvalue weighted by Crippen LogP contribution is -2.09. The van der Waals surface area contributed by atoms with E-state index in [4.69, 9.17) is 9.40 Å². The van der Waals surface area contributed by atoms with Gasteiger partial charge in [-0.05, 0) is 85.9 Å². The van der Waals surface area contributed by atoms with Gasteiger partial charge in [-0.1, -0.05) is 31.0 Å². The number of nitrogens with zero attached hydrogens (tertiary/aromatic N) is 2. The molecule has 2 aromatic carbocycles. The summed E-state index contributed by atoms with van der Waals surface area (Å²) in [6.07, 6.45) is 5.07. The highest BCUT2D eigenvalue weighted by Crippen LogP contribution is 2.48. The molecular formula is C32H30F2N2O. The third-order valence-corrected chi connectivity index (χ3v) is 8.52. The Bertz CT molecular complexity index is 1680. The molecule has 0 aliphatic heterocycles. The van der Waals surface area contributed by atoms with E-state index >= 15 is 0 Å². The first-order valence-electron chi connectivity index (χ1n) is 13.5. The Hall–Kier alpha value is -3.34. The van der Waals surface area contributed by atoms with Crippen molar-refractivity contribution < 1.29 is 13.2 Å². The Morgan fingerprint density at radius 1 is 0.838 bits per heavy atom. The largest absolute Gasteiger partial charge is 0.437 e. The summed E-state index contributed by atoms with van der Waals surface area (Å²) in [6, 6.07) is 16.7. The van der Waals surface area contributed by atoms with Gasteiger partial charge in [0.15, 0.2) is 0 Å². The minimum atomic E-state index is -2.58. The predicted octanol–water partition coefficient (Wildman–Crippen LogP) is 9.37. The Balaban J connectivity index is 1.52. The molecule has 37 heavy (non-hydrogen) atoms. The zero-order valence-electron chi connectivity index (χ0n) is 21.3. The van der Waals surface area contributed by atoms with Crippen LogP contribution in [-0.4, -0.2) is 15.9 Å². The van der Waals surface area contributed by atoms with Gasteiger partial charge in [-0.15, -0.1) is 0 Å². The SMILES string of the molecule is Cc1cc(-c2nc(C3CCCC3)cc3c(C4CCC(F)(F)C4)cccc23)c2oc3nc(C)ccc3c2c1. The van der Waals surface area contributed by atoms with Crippen LogP contribution in [0.1, 0.15) is 79.3 Å². The molecule has 2 aliphatic rings. The van der Waals surface area contributed by atoms with Crippen LogP contribution in [0.15, 0.2) is 52.9 Å². The molecule has 188 valence electrons. The van der Waals surface area contributed by atoms with Crippen molar-refractivity contribution in [3.8, 4) is 11.3 Å². The van der Waals surface area contributed by atoms with Gasteiger partial charge < -0.3 is 4.42 Å². The normalized spacial score (nSPS) is 20.1. The second-order valence-corrected chi connectivity index (χ2v) is 11.2.